The van der Waals surface area contributed by atoms with Crippen molar-refractivity contribution in [2.24, 2.45) is 0 Å². The van der Waals surface area contributed by atoms with E-state index in [1.807, 2.05) is 29.2 Å². The van der Waals surface area contributed by atoms with Crippen molar-refractivity contribution in [1.82, 2.24) is 14.8 Å². The Hall–Kier alpha value is -3.53. The normalized spacial score (nSPS) is 23.3. The van der Waals surface area contributed by atoms with Crippen molar-refractivity contribution in [3.8, 4) is 6.07 Å². The fourth-order valence-electron chi connectivity index (χ4n) is 6.71. The number of nitriles is 1. The highest BCUT2D eigenvalue weighted by molar-refractivity contribution is 6.05. The number of amides is 1. The van der Waals surface area contributed by atoms with Crippen LogP contribution in [0.4, 0.5) is 0 Å². The summed E-state index contributed by atoms with van der Waals surface area (Å²) in [4.78, 5) is 22.6. The zero-order valence-electron chi connectivity index (χ0n) is 21.8. The van der Waals surface area contributed by atoms with Crippen LogP contribution >= 0.6 is 0 Å². The number of aromatic nitrogens is 1. The van der Waals surface area contributed by atoms with Gasteiger partial charge in [-0.05, 0) is 71.9 Å². The SMILES string of the molecule is C=Cc1cccc(C2(C#N)CCN(Cc3cc4c(c5ccccc35)CN(C3CCCCC3O)C4=O)CC2)n1. The lowest BCUT2D eigenvalue weighted by Crippen LogP contribution is -2.45. The Labute approximate surface area is 224 Å². The van der Waals surface area contributed by atoms with Crippen LogP contribution in [0.1, 0.15) is 71.4 Å². The number of hydrogen-bond donors (Lipinski definition) is 1. The van der Waals surface area contributed by atoms with Gasteiger partial charge in [-0.3, -0.25) is 14.7 Å². The minimum absolute atomic E-state index is 0.0493. The molecule has 2 atom stereocenters. The molecule has 38 heavy (non-hydrogen) atoms. The second-order valence-corrected chi connectivity index (χ2v) is 11.1. The van der Waals surface area contributed by atoms with Gasteiger partial charge in [-0.15, -0.1) is 0 Å². The van der Waals surface area contributed by atoms with Crippen LogP contribution in [-0.4, -0.2) is 51.0 Å². The van der Waals surface area contributed by atoms with Crippen molar-refractivity contribution in [2.75, 3.05) is 13.1 Å². The number of carbonyl (C=O) groups excluding carboxylic acids is 1. The largest absolute Gasteiger partial charge is 0.391 e. The van der Waals surface area contributed by atoms with E-state index in [-0.39, 0.29) is 11.9 Å². The van der Waals surface area contributed by atoms with Crippen LogP contribution in [0.5, 0.6) is 0 Å². The summed E-state index contributed by atoms with van der Waals surface area (Å²) in [6.45, 7) is 6.69. The molecular formula is C32H34N4O2. The van der Waals surface area contributed by atoms with Gasteiger partial charge in [-0.25, -0.2) is 0 Å². The average Bonchev–Trinajstić information content (AvgIpc) is 3.30. The van der Waals surface area contributed by atoms with E-state index in [2.05, 4.69) is 46.8 Å². The maximum absolute atomic E-state index is 13.6. The summed E-state index contributed by atoms with van der Waals surface area (Å²) in [7, 11) is 0. The molecule has 2 unspecified atom stereocenters. The van der Waals surface area contributed by atoms with E-state index in [4.69, 9.17) is 0 Å². The fourth-order valence-corrected chi connectivity index (χ4v) is 6.71. The summed E-state index contributed by atoms with van der Waals surface area (Å²) >= 11 is 0. The van der Waals surface area contributed by atoms with Gasteiger partial charge in [0, 0.05) is 31.7 Å². The number of pyridine rings is 1. The van der Waals surface area contributed by atoms with Crippen molar-refractivity contribution in [3.63, 3.8) is 0 Å². The first-order valence-electron chi connectivity index (χ1n) is 13.8. The van der Waals surface area contributed by atoms with Gasteiger partial charge in [0.15, 0.2) is 0 Å². The number of rotatable bonds is 5. The maximum atomic E-state index is 13.6. The summed E-state index contributed by atoms with van der Waals surface area (Å²) in [5.74, 6) is 0.0493. The molecule has 6 heteroatoms. The van der Waals surface area contributed by atoms with Crippen molar-refractivity contribution < 1.29 is 9.90 Å². The quantitative estimate of drug-likeness (QED) is 0.515. The minimum atomic E-state index is -0.590. The van der Waals surface area contributed by atoms with Gasteiger partial charge in [-0.2, -0.15) is 5.26 Å². The molecule has 3 aliphatic rings. The second kappa shape index (κ2) is 9.98. The number of hydrogen-bond acceptors (Lipinski definition) is 5. The van der Waals surface area contributed by atoms with E-state index < -0.39 is 11.5 Å². The molecule has 2 aliphatic heterocycles. The third-order valence-electron chi connectivity index (χ3n) is 8.94. The number of aliphatic hydroxyl groups is 1. The molecule has 6 nitrogen and oxygen atoms in total. The zero-order chi connectivity index (χ0) is 26.3. The minimum Gasteiger partial charge on any atom is -0.391 e. The van der Waals surface area contributed by atoms with E-state index in [9.17, 15) is 15.2 Å². The van der Waals surface area contributed by atoms with Crippen molar-refractivity contribution in [3.05, 3.63) is 83.2 Å². The smallest absolute Gasteiger partial charge is 0.254 e. The van der Waals surface area contributed by atoms with E-state index in [0.29, 0.717) is 19.4 Å². The van der Waals surface area contributed by atoms with Crippen LogP contribution in [0.15, 0.2) is 55.1 Å². The second-order valence-electron chi connectivity index (χ2n) is 11.1. The van der Waals surface area contributed by atoms with Crippen LogP contribution < -0.4 is 0 Å². The van der Waals surface area contributed by atoms with Crippen LogP contribution in [0.2, 0.25) is 0 Å². The molecular weight excluding hydrogens is 472 g/mol. The molecule has 0 radical (unpaired) electrons. The molecule has 1 N–H and O–H groups in total. The molecule has 3 aromatic rings. The molecule has 0 bridgehead atoms. The van der Waals surface area contributed by atoms with Gasteiger partial charge in [-0.1, -0.05) is 49.8 Å². The lowest BCUT2D eigenvalue weighted by atomic mass is 9.76. The molecule has 194 valence electrons. The predicted octanol–water partition coefficient (Wildman–Crippen LogP) is 5.19. The first-order valence-corrected chi connectivity index (χ1v) is 13.8. The lowest BCUT2D eigenvalue weighted by Gasteiger charge is -2.37. The van der Waals surface area contributed by atoms with Crippen molar-refractivity contribution in [2.45, 2.75) is 69.2 Å². The number of nitrogens with zero attached hydrogens (tertiary/aromatic N) is 4. The molecule has 2 aromatic carbocycles. The van der Waals surface area contributed by atoms with Crippen LogP contribution in [0, 0.1) is 11.3 Å². The number of aliphatic hydroxyl groups excluding tert-OH is 1. The number of fused-ring (bicyclic) bond motifs is 3. The van der Waals surface area contributed by atoms with E-state index in [0.717, 1.165) is 78.8 Å². The summed E-state index contributed by atoms with van der Waals surface area (Å²) in [5.41, 5.74) is 4.05. The van der Waals surface area contributed by atoms with Gasteiger partial charge < -0.3 is 10.0 Å². The molecule has 1 saturated heterocycles. The maximum Gasteiger partial charge on any atom is 0.254 e. The lowest BCUT2D eigenvalue weighted by molar-refractivity contribution is 0.0192. The van der Waals surface area contributed by atoms with Crippen LogP contribution in [0.25, 0.3) is 16.8 Å². The molecule has 1 aliphatic carbocycles. The van der Waals surface area contributed by atoms with Gasteiger partial charge in [0.1, 0.15) is 5.41 Å². The molecule has 3 heterocycles. The zero-order valence-corrected chi connectivity index (χ0v) is 21.8. The van der Waals surface area contributed by atoms with Gasteiger partial charge in [0.05, 0.1) is 29.6 Å². The highest BCUT2D eigenvalue weighted by atomic mass is 16.3. The van der Waals surface area contributed by atoms with E-state index >= 15 is 0 Å². The first-order chi connectivity index (χ1) is 18.5. The number of piperidine rings is 1. The summed E-state index contributed by atoms with van der Waals surface area (Å²) in [5, 5.41) is 23.1. The van der Waals surface area contributed by atoms with Gasteiger partial charge >= 0.3 is 0 Å². The van der Waals surface area contributed by atoms with Crippen molar-refractivity contribution in [1.29, 1.82) is 5.26 Å². The Morgan fingerprint density at radius 3 is 2.61 bits per heavy atom. The van der Waals surface area contributed by atoms with E-state index in [1.165, 1.54) is 5.39 Å². The molecule has 1 aromatic heterocycles. The fraction of sp³-hybridized carbons (Fsp3) is 0.406. The molecule has 1 amide bonds. The Kier molecular flexibility index (Phi) is 6.51. The van der Waals surface area contributed by atoms with Gasteiger partial charge in [0.2, 0.25) is 0 Å². The topological polar surface area (TPSA) is 80.5 Å². The molecule has 2 fully saturated rings. The Morgan fingerprint density at radius 1 is 1.11 bits per heavy atom. The Balaban J connectivity index is 1.26. The van der Waals surface area contributed by atoms with Crippen LogP contribution in [-0.2, 0) is 18.5 Å². The van der Waals surface area contributed by atoms with Crippen molar-refractivity contribution >= 4 is 22.8 Å². The van der Waals surface area contributed by atoms with Gasteiger partial charge in [0.25, 0.3) is 5.91 Å². The molecule has 6 rings (SSSR count). The summed E-state index contributed by atoms with van der Waals surface area (Å²) < 4.78 is 0. The molecule has 0 spiro atoms. The number of carbonyl (C=O) groups is 1. The first kappa shape index (κ1) is 24.8. The average molecular weight is 507 g/mol. The number of benzene rings is 2. The Morgan fingerprint density at radius 2 is 1.87 bits per heavy atom. The third kappa shape index (κ3) is 4.20. The van der Waals surface area contributed by atoms with Crippen LogP contribution in [0.3, 0.4) is 0 Å². The highest BCUT2D eigenvalue weighted by Crippen LogP contribution is 2.38. The third-order valence-corrected chi connectivity index (χ3v) is 8.94. The Bertz CT molecular complexity index is 1430. The standard InChI is InChI=1S/C32H34N4O2/c1-2-23-8-7-13-30(34-23)32(21-33)14-16-35(17-15-32)19-22-18-26-27(25-10-4-3-9-24(22)25)20-36(31(26)38)28-11-5-6-12-29(28)37/h2-4,7-10,13,18,28-29,37H,1,5-6,11-12,14-17,19-20H2. The monoisotopic (exact) mass is 506 g/mol. The highest BCUT2D eigenvalue weighted by Gasteiger charge is 2.40. The predicted molar refractivity (Wildman–Crippen MR) is 148 cm³/mol. The summed E-state index contributed by atoms with van der Waals surface area (Å²) in [6.07, 6.45) is 6.42. The molecule has 1 saturated carbocycles. The summed E-state index contributed by atoms with van der Waals surface area (Å²) in [6, 6.07) is 18.8. The number of likely N-dealkylation sites (tertiary alicyclic amines) is 1. The van der Waals surface area contributed by atoms with E-state index in [1.54, 1.807) is 6.08 Å².